The van der Waals surface area contributed by atoms with Crippen LogP contribution in [-0.2, 0) is 4.79 Å². The maximum Gasteiger partial charge on any atom is 0.226 e. The third-order valence-corrected chi connectivity index (χ3v) is 3.29. The summed E-state index contributed by atoms with van der Waals surface area (Å²) in [5.74, 6) is 0.388. The highest BCUT2D eigenvalue weighted by Crippen LogP contribution is 2.25. The van der Waals surface area contributed by atoms with Gasteiger partial charge in [0, 0.05) is 30.3 Å². The number of carbonyl (C=O) groups excluding carboxylic acids is 1. The molecule has 0 aliphatic carbocycles. The molecule has 18 heavy (non-hydrogen) atoms. The van der Waals surface area contributed by atoms with Gasteiger partial charge >= 0.3 is 0 Å². The van der Waals surface area contributed by atoms with Gasteiger partial charge in [-0.1, -0.05) is 11.3 Å². The lowest BCUT2D eigenvalue weighted by atomic mass is 10.3. The first kappa shape index (κ1) is 12.9. The molecule has 0 aromatic carbocycles. The molecule has 0 aliphatic heterocycles. The molecule has 0 atom stereocenters. The standard InChI is InChI=1S/C11H11ClN4OS/c12-5-1-2-9(17)14-11-16-15-10(18-11)8-3-6-13-7-4-8/h3-4,6-7H,1-2,5H2,(H,14,16,17). The van der Waals surface area contributed by atoms with Crippen LogP contribution in [0.25, 0.3) is 10.6 Å². The number of amides is 1. The molecule has 0 radical (unpaired) electrons. The number of aromatic nitrogens is 3. The van der Waals surface area contributed by atoms with Gasteiger partial charge in [-0.2, -0.15) is 0 Å². The lowest BCUT2D eigenvalue weighted by molar-refractivity contribution is -0.116. The van der Waals surface area contributed by atoms with Crippen LogP contribution in [0.1, 0.15) is 12.8 Å². The summed E-state index contributed by atoms with van der Waals surface area (Å²) in [5, 5.41) is 11.9. The lowest BCUT2D eigenvalue weighted by Crippen LogP contribution is -2.10. The van der Waals surface area contributed by atoms with E-state index in [0.717, 1.165) is 10.6 Å². The van der Waals surface area contributed by atoms with Crippen molar-refractivity contribution in [3.8, 4) is 10.6 Å². The Morgan fingerprint density at radius 1 is 1.33 bits per heavy atom. The molecule has 94 valence electrons. The molecule has 0 fully saturated rings. The summed E-state index contributed by atoms with van der Waals surface area (Å²) in [7, 11) is 0. The molecule has 0 aliphatic rings. The van der Waals surface area contributed by atoms with Crippen LogP contribution >= 0.6 is 22.9 Å². The molecule has 0 bridgehead atoms. The summed E-state index contributed by atoms with van der Waals surface area (Å²) in [6, 6.07) is 3.69. The number of rotatable bonds is 5. The van der Waals surface area contributed by atoms with E-state index in [2.05, 4.69) is 20.5 Å². The molecule has 2 heterocycles. The monoisotopic (exact) mass is 282 g/mol. The van der Waals surface area contributed by atoms with E-state index in [-0.39, 0.29) is 5.91 Å². The number of hydrogen-bond acceptors (Lipinski definition) is 5. The maximum atomic E-state index is 11.5. The molecule has 1 N–H and O–H groups in total. The minimum absolute atomic E-state index is 0.0897. The zero-order chi connectivity index (χ0) is 12.8. The average molecular weight is 283 g/mol. The number of carbonyl (C=O) groups is 1. The van der Waals surface area contributed by atoms with Crippen molar-refractivity contribution in [3.05, 3.63) is 24.5 Å². The Hall–Kier alpha value is -1.53. The molecule has 0 spiro atoms. The van der Waals surface area contributed by atoms with E-state index in [9.17, 15) is 4.79 Å². The zero-order valence-electron chi connectivity index (χ0n) is 9.47. The quantitative estimate of drug-likeness (QED) is 0.856. The van der Waals surface area contributed by atoms with Gasteiger partial charge in [0.1, 0.15) is 5.01 Å². The van der Waals surface area contributed by atoms with Gasteiger partial charge in [-0.25, -0.2) is 0 Å². The van der Waals surface area contributed by atoms with Crippen LogP contribution in [0.15, 0.2) is 24.5 Å². The van der Waals surface area contributed by atoms with Crippen molar-refractivity contribution in [2.45, 2.75) is 12.8 Å². The second kappa shape index (κ2) is 6.42. The van der Waals surface area contributed by atoms with Crippen molar-refractivity contribution >= 4 is 34.0 Å². The number of pyridine rings is 1. The average Bonchev–Trinajstić information content (AvgIpc) is 2.86. The number of hydrogen-bond donors (Lipinski definition) is 1. The van der Waals surface area contributed by atoms with E-state index in [0.29, 0.717) is 23.9 Å². The van der Waals surface area contributed by atoms with Crippen LogP contribution in [0.4, 0.5) is 5.13 Å². The summed E-state index contributed by atoms with van der Waals surface area (Å²) in [4.78, 5) is 15.4. The largest absolute Gasteiger partial charge is 0.301 e. The molecule has 0 saturated heterocycles. The molecular formula is C11H11ClN4OS. The predicted molar refractivity (Wildman–Crippen MR) is 71.7 cm³/mol. The van der Waals surface area contributed by atoms with Gasteiger partial charge in [0.25, 0.3) is 0 Å². The molecule has 2 rings (SSSR count). The van der Waals surface area contributed by atoms with Crippen molar-refractivity contribution in [2.24, 2.45) is 0 Å². The molecule has 7 heteroatoms. The Balaban J connectivity index is 2.00. The summed E-state index contributed by atoms with van der Waals surface area (Å²) < 4.78 is 0. The maximum absolute atomic E-state index is 11.5. The summed E-state index contributed by atoms with van der Waals surface area (Å²) >= 11 is 6.85. The highest BCUT2D eigenvalue weighted by Gasteiger charge is 2.09. The molecule has 0 saturated carbocycles. The molecule has 0 unspecified atom stereocenters. The van der Waals surface area contributed by atoms with Gasteiger partial charge in [0.05, 0.1) is 0 Å². The van der Waals surface area contributed by atoms with Crippen molar-refractivity contribution in [2.75, 3.05) is 11.2 Å². The minimum atomic E-state index is -0.0897. The Morgan fingerprint density at radius 3 is 2.83 bits per heavy atom. The number of nitrogens with zero attached hydrogens (tertiary/aromatic N) is 3. The molecule has 1 amide bonds. The smallest absolute Gasteiger partial charge is 0.226 e. The van der Waals surface area contributed by atoms with Crippen LogP contribution in [0, 0.1) is 0 Å². The Labute approximate surface area is 113 Å². The van der Waals surface area contributed by atoms with Gasteiger partial charge in [0.15, 0.2) is 0 Å². The fourth-order valence-electron chi connectivity index (χ4n) is 1.29. The topological polar surface area (TPSA) is 67.8 Å². The number of anilines is 1. The second-order valence-electron chi connectivity index (χ2n) is 3.49. The number of halogens is 1. The number of alkyl halides is 1. The summed E-state index contributed by atoms with van der Waals surface area (Å²) in [6.07, 6.45) is 4.43. The molecule has 2 aromatic rings. The first-order chi connectivity index (χ1) is 8.79. The van der Waals surface area contributed by atoms with Crippen molar-refractivity contribution in [1.29, 1.82) is 0 Å². The summed E-state index contributed by atoms with van der Waals surface area (Å²) in [5.41, 5.74) is 0.934. The Morgan fingerprint density at radius 2 is 2.11 bits per heavy atom. The van der Waals surface area contributed by atoms with E-state index < -0.39 is 0 Å². The van der Waals surface area contributed by atoms with E-state index >= 15 is 0 Å². The van der Waals surface area contributed by atoms with Crippen molar-refractivity contribution in [3.63, 3.8) is 0 Å². The van der Waals surface area contributed by atoms with Gasteiger partial charge < -0.3 is 5.32 Å². The number of nitrogens with one attached hydrogen (secondary N) is 1. The van der Waals surface area contributed by atoms with Crippen LogP contribution in [0.3, 0.4) is 0 Å². The van der Waals surface area contributed by atoms with Crippen molar-refractivity contribution in [1.82, 2.24) is 15.2 Å². The van der Waals surface area contributed by atoms with E-state index in [4.69, 9.17) is 11.6 Å². The van der Waals surface area contributed by atoms with Crippen LogP contribution < -0.4 is 5.32 Å². The van der Waals surface area contributed by atoms with Gasteiger partial charge in [-0.3, -0.25) is 9.78 Å². The molecular weight excluding hydrogens is 272 g/mol. The predicted octanol–water partition coefficient (Wildman–Crippen LogP) is 2.56. The highest BCUT2D eigenvalue weighted by atomic mass is 35.5. The zero-order valence-corrected chi connectivity index (χ0v) is 11.0. The highest BCUT2D eigenvalue weighted by molar-refractivity contribution is 7.18. The van der Waals surface area contributed by atoms with Gasteiger partial charge in [0.2, 0.25) is 11.0 Å². The molecule has 5 nitrogen and oxygen atoms in total. The van der Waals surface area contributed by atoms with Gasteiger partial charge in [-0.05, 0) is 18.6 Å². The normalized spacial score (nSPS) is 10.3. The lowest BCUT2D eigenvalue weighted by Gasteiger charge is -1.98. The van der Waals surface area contributed by atoms with E-state index in [1.165, 1.54) is 11.3 Å². The Bertz CT molecular complexity index is 517. The fourth-order valence-corrected chi connectivity index (χ4v) is 2.19. The van der Waals surface area contributed by atoms with Crippen LogP contribution in [-0.4, -0.2) is 27.0 Å². The summed E-state index contributed by atoms with van der Waals surface area (Å²) in [6.45, 7) is 0. The SMILES string of the molecule is O=C(CCCCl)Nc1nnc(-c2ccncc2)s1. The first-order valence-electron chi connectivity index (χ1n) is 5.39. The van der Waals surface area contributed by atoms with E-state index in [1.807, 2.05) is 12.1 Å². The fraction of sp³-hybridized carbons (Fsp3) is 0.273. The van der Waals surface area contributed by atoms with Crippen molar-refractivity contribution < 1.29 is 4.79 Å². The second-order valence-corrected chi connectivity index (χ2v) is 4.84. The third kappa shape index (κ3) is 3.48. The van der Waals surface area contributed by atoms with Crippen LogP contribution in [0.2, 0.25) is 0 Å². The van der Waals surface area contributed by atoms with Gasteiger partial charge in [-0.15, -0.1) is 21.8 Å². The van der Waals surface area contributed by atoms with E-state index in [1.54, 1.807) is 12.4 Å². The third-order valence-electron chi connectivity index (χ3n) is 2.14. The Kier molecular flexibility index (Phi) is 4.60. The minimum Gasteiger partial charge on any atom is -0.301 e. The first-order valence-corrected chi connectivity index (χ1v) is 6.74. The van der Waals surface area contributed by atoms with Crippen LogP contribution in [0.5, 0.6) is 0 Å². The molecule has 2 aromatic heterocycles.